The van der Waals surface area contributed by atoms with Gasteiger partial charge in [0.1, 0.15) is 0 Å². The third-order valence-corrected chi connectivity index (χ3v) is 6.92. The van der Waals surface area contributed by atoms with E-state index < -0.39 is 10.0 Å². The zero-order valence-corrected chi connectivity index (χ0v) is 20.5. The highest BCUT2D eigenvalue weighted by molar-refractivity contribution is 7.92. The summed E-state index contributed by atoms with van der Waals surface area (Å²) in [6.07, 6.45) is 3.19. The number of carbonyl (C=O) groups excluding carboxylic acids is 2. The van der Waals surface area contributed by atoms with Crippen molar-refractivity contribution in [3.05, 3.63) is 88.5 Å². The summed E-state index contributed by atoms with van der Waals surface area (Å²) >= 11 is 0. The lowest BCUT2D eigenvalue weighted by molar-refractivity contribution is 0.0766. The SMILES string of the molecule is Cc1ccc(C(=O)NC2CC2)cc1-c1ccc2c(c1)CN(Cc1cccc(NS(C)(=O)=O)c1)C2=O. The number of fused-ring (bicyclic) bond motifs is 1. The van der Waals surface area contributed by atoms with Crippen molar-refractivity contribution < 1.29 is 18.0 Å². The molecule has 0 unspecified atom stereocenters. The quantitative estimate of drug-likeness (QED) is 0.523. The smallest absolute Gasteiger partial charge is 0.254 e. The van der Waals surface area contributed by atoms with Crippen LogP contribution in [0.4, 0.5) is 5.69 Å². The summed E-state index contributed by atoms with van der Waals surface area (Å²) in [6, 6.07) is 18.9. The molecule has 35 heavy (non-hydrogen) atoms. The first-order valence-corrected chi connectivity index (χ1v) is 13.5. The van der Waals surface area contributed by atoms with Gasteiger partial charge >= 0.3 is 0 Å². The van der Waals surface area contributed by atoms with Crippen molar-refractivity contribution in [2.24, 2.45) is 0 Å². The Kier molecular flexibility index (Phi) is 5.84. The molecule has 2 amide bonds. The maximum absolute atomic E-state index is 13.0. The van der Waals surface area contributed by atoms with Crippen LogP contribution in [-0.4, -0.2) is 37.4 Å². The summed E-state index contributed by atoms with van der Waals surface area (Å²) in [5.41, 5.74) is 6.55. The van der Waals surface area contributed by atoms with Gasteiger partial charge in [0.15, 0.2) is 0 Å². The van der Waals surface area contributed by atoms with Crippen LogP contribution in [0.15, 0.2) is 60.7 Å². The summed E-state index contributed by atoms with van der Waals surface area (Å²) in [5, 5.41) is 3.03. The molecule has 1 saturated carbocycles. The standard InChI is InChI=1S/C27H27N3O4S/c1-17-6-7-20(26(31)28-22-9-10-22)14-25(17)19-8-11-24-21(13-19)16-30(27(24)32)15-18-4-3-5-23(12-18)29-35(2,33)34/h3-8,11-14,22,29H,9-10,15-16H2,1-2H3,(H,28,31). The Morgan fingerprint density at radius 3 is 2.57 bits per heavy atom. The normalized spacial score (nSPS) is 15.1. The molecule has 1 heterocycles. The lowest BCUT2D eigenvalue weighted by Crippen LogP contribution is -2.25. The highest BCUT2D eigenvalue weighted by atomic mass is 32.2. The van der Waals surface area contributed by atoms with E-state index in [-0.39, 0.29) is 11.8 Å². The van der Waals surface area contributed by atoms with E-state index in [1.165, 1.54) is 0 Å². The zero-order chi connectivity index (χ0) is 24.7. The van der Waals surface area contributed by atoms with Crippen LogP contribution in [0.3, 0.4) is 0 Å². The molecule has 0 aromatic heterocycles. The third-order valence-electron chi connectivity index (χ3n) is 6.31. The maximum atomic E-state index is 13.0. The van der Waals surface area contributed by atoms with Gasteiger partial charge in [-0.2, -0.15) is 0 Å². The van der Waals surface area contributed by atoms with Gasteiger partial charge in [0.2, 0.25) is 10.0 Å². The Morgan fingerprint density at radius 1 is 1.03 bits per heavy atom. The topological polar surface area (TPSA) is 95.6 Å². The second kappa shape index (κ2) is 8.85. The molecule has 3 aromatic rings. The molecule has 0 atom stereocenters. The van der Waals surface area contributed by atoms with Gasteiger partial charge in [0.05, 0.1) is 6.26 Å². The van der Waals surface area contributed by atoms with E-state index in [1.54, 1.807) is 23.1 Å². The average Bonchev–Trinajstić information content (AvgIpc) is 3.56. The molecule has 5 rings (SSSR count). The van der Waals surface area contributed by atoms with Crippen LogP contribution in [0.25, 0.3) is 11.1 Å². The Bertz CT molecular complexity index is 1440. The van der Waals surface area contributed by atoms with E-state index in [0.29, 0.717) is 35.9 Å². The van der Waals surface area contributed by atoms with Gasteiger partial charge in [-0.05, 0) is 84.0 Å². The van der Waals surface area contributed by atoms with E-state index in [4.69, 9.17) is 0 Å². The second-order valence-electron chi connectivity index (χ2n) is 9.39. The first-order chi connectivity index (χ1) is 16.7. The minimum atomic E-state index is -3.38. The van der Waals surface area contributed by atoms with Crippen LogP contribution < -0.4 is 10.0 Å². The molecule has 7 nitrogen and oxygen atoms in total. The van der Waals surface area contributed by atoms with Gasteiger partial charge < -0.3 is 10.2 Å². The highest BCUT2D eigenvalue weighted by Gasteiger charge is 2.28. The molecule has 1 aliphatic carbocycles. The molecule has 180 valence electrons. The van der Waals surface area contributed by atoms with E-state index in [0.717, 1.165) is 46.9 Å². The summed E-state index contributed by atoms with van der Waals surface area (Å²) < 4.78 is 25.6. The minimum Gasteiger partial charge on any atom is -0.349 e. The fraction of sp³-hybridized carbons (Fsp3) is 0.259. The van der Waals surface area contributed by atoms with Crippen molar-refractivity contribution in [3.63, 3.8) is 0 Å². The van der Waals surface area contributed by atoms with Crippen molar-refractivity contribution in [3.8, 4) is 11.1 Å². The molecule has 0 bridgehead atoms. The van der Waals surface area contributed by atoms with E-state index in [1.807, 2.05) is 49.4 Å². The van der Waals surface area contributed by atoms with Crippen molar-refractivity contribution >= 4 is 27.5 Å². The number of nitrogens with zero attached hydrogens (tertiary/aromatic N) is 1. The summed E-state index contributed by atoms with van der Waals surface area (Å²) in [5.74, 6) is -0.105. The number of anilines is 1. The summed E-state index contributed by atoms with van der Waals surface area (Å²) in [6.45, 7) is 2.85. The number of aryl methyl sites for hydroxylation is 1. The van der Waals surface area contributed by atoms with Crippen LogP contribution >= 0.6 is 0 Å². The molecule has 2 aliphatic rings. The number of carbonyl (C=O) groups is 2. The number of amides is 2. The molecule has 1 fully saturated rings. The van der Waals surface area contributed by atoms with Gasteiger partial charge in [-0.15, -0.1) is 0 Å². The molecular weight excluding hydrogens is 462 g/mol. The van der Waals surface area contributed by atoms with E-state index in [2.05, 4.69) is 10.0 Å². The predicted octanol–water partition coefficient (Wildman–Crippen LogP) is 4.08. The van der Waals surface area contributed by atoms with Crippen LogP contribution in [0.2, 0.25) is 0 Å². The minimum absolute atomic E-state index is 0.0520. The summed E-state index contributed by atoms with van der Waals surface area (Å²) in [4.78, 5) is 27.3. The first-order valence-electron chi connectivity index (χ1n) is 11.6. The number of benzene rings is 3. The van der Waals surface area contributed by atoms with Gasteiger partial charge in [-0.3, -0.25) is 14.3 Å². The number of nitrogens with one attached hydrogen (secondary N) is 2. The number of hydrogen-bond acceptors (Lipinski definition) is 4. The fourth-order valence-electron chi connectivity index (χ4n) is 4.41. The highest BCUT2D eigenvalue weighted by Crippen LogP contribution is 2.32. The number of rotatable bonds is 7. The molecule has 2 N–H and O–H groups in total. The molecular formula is C27H27N3O4S. The number of hydrogen-bond donors (Lipinski definition) is 2. The van der Waals surface area contributed by atoms with Crippen molar-refractivity contribution in [1.82, 2.24) is 10.2 Å². The van der Waals surface area contributed by atoms with Crippen LogP contribution in [0, 0.1) is 6.92 Å². The fourth-order valence-corrected chi connectivity index (χ4v) is 4.97. The lowest BCUT2D eigenvalue weighted by atomic mass is 9.95. The Hall–Kier alpha value is -3.65. The Morgan fingerprint density at radius 2 is 1.83 bits per heavy atom. The van der Waals surface area contributed by atoms with Gasteiger partial charge in [0.25, 0.3) is 11.8 Å². The molecule has 0 radical (unpaired) electrons. The molecule has 8 heteroatoms. The van der Waals surface area contributed by atoms with Gasteiger partial charge in [-0.25, -0.2) is 8.42 Å². The number of sulfonamides is 1. The van der Waals surface area contributed by atoms with Crippen molar-refractivity contribution in [2.45, 2.75) is 38.9 Å². The van der Waals surface area contributed by atoms with E-state index >= 15 is 0 Å². The average molecular weight is 490 g/mol. The third kappa shape index (κ3) is 5.22. The Labute approximate surface area is 205 Å². The predicted molar refractivity (Wildman–Crippen MR) is 136 cm³/mol. The first kappa shape index (κ1) is 23.1. The molecule has 0 spiro atoms. The molecule has 1 aliphatic heterocycles. The molecule has 3 aromatic carbocycles. The zero-order valence-electron chi connectivity index (χ0n) is 19.7. The van der Waals surface area contributed by atoms with E-state index in [9.17, 15) is 18.0 Å². The van der Waals surface area contributed by atoms with Gasteiger partial charge in [-0.1, -0.05) is 24.3 Å². The summed E-state index contributed by atoms with van der Waals surface area (Å²) in [7, 11) is -3.38. The lowest BCUT2D eigenvalue weighted by Gasteiger charge is -2.16. The van der Waals surface area contributed by atoms with Crippen LogP contribution in [-0.2, 0) is 23.1 Å². The monoisotopic (exact) mass is 489 g/mol. The van der Waals surface area contributed by atoms with Crippen molar-refractivity contribution in [1.29, 1.82) is 0 Å². The second-order valence-corrected chi connectivity index (χ2v) is 11.1. The van der Waals surface area contributed by atoms with Crippen molar-refractivity contribution in [2.75, 3.05) is 11.0 Å². The van der Waals surface area contributed by atoms with Gasteiger partial charge in [0, 0.05) is 35.9 Å². The largest absolute Gasteiger partial charge is 0.349 e. The molecule has 0 saturated heterocycles. The van der Waals surface area contributed by atoms with Crippen LogP contribution in [0.1, 0.15) is 50.2 Å². The van der Waals surface area contributed by atoms with Crippen LogP contribution in [0.5, 0.6) is 0 Å². The maximum Gasteiger partial charge on any atom is 0.254 e. The Balaban J connectivity index is 1.36.